The maximum atomic E-state index is 4.17. The van der Waals surface area contributed by atoms with E-state index in [1.807, 2.05) is 17.9 Å². The highest BCUT2D eigenvalue weighted by molar-refractivity contribution is 5.24. The van der Waals surface area contributed by atoms with Crippen molar-refractivity contribution < 1.29 is 0 Å². The van der Waals surface area contributed by atoms with Gasteiger partial charge in [-0.3, -0.25) is 4.68 Å². The molecule has 2 rings (SSSR count). The van der Waals surface area contributed by atoms with E-state index >= 15 is 0 Å². The maximum absolute atomic E-state index is 4.17. The molecule has 0 saturated carbocycles. The summed E-state index contributed by atoms with van der Waals surface area (Å²) in [5, 5.41) is 7.72. The summed E-state index contributed by atoms with van der Waals surface area (Å²) in [4.78, 5) is 0. The lowest BCUT2D eigenvalue weighted by atomic mass is 10.1. The van der Waals surface area contributed by atoms with Crippen LogP contribution in [0.1, 0.15) is 29.7 Å². The summed E-state index contributed by atoms with van der Waals surface area (Å²) in [5.74, 6) is 0. The summed E-state index contributed by atoms with van der Waals surface area (Å²) in [5.41, 5.74) is 3.94. The van der Waals surface area contributed by atoms with Gasteiger partial charge < -0.3 is 5.32 Å². The van der Waals surface area contributed by atoms with Crippen LogP contribution in [-0.2, 0) is 13.5 Å². The van der Waals surface area contributed by atoms with Gasteiger partial charge in [-0.05, 0) is 37.9 Å². The first-order chi connectivity index (χ1) is 8.65. The third kappa shape index (κ3) is 3.44. The summed E-state index contributed by atoms with van der Waals surface area (Å²) in [6, 6.07) is 9.05. The highest BCUT2D eigenvalue weighted by atomic mass is 15.2. The third-order valence-corrected chi connectivity index (χ3v) is 3.16. The molecule has 0 radical (unpaired) electrons. The topological polar surface area (TPSA) is 29.9 Å². The van der Waals surface area contributed by atoms with Crippen molar-refractivity contribution in [2.24, 2.45) is 7.05 Å². The molecule has 96 valence electrons. The summed E-state index contributed by atoms with van der Waals surface area (Å²) >= 11 is 0. The highest BCUT2D eigenvalue weighted by Crippen LogP contribution is 2.13. The van der Waals surface area contributed by atoms with Crippen LogP contribution < -0.4 is 5.32 Å². The zero-order chi connectivity index (χ0) is 13.0. The van der Waals surface area contributed by atoms with E-state index in [1.165, 1.54) is 16.7 Å². The van der Waals surface area contributed by atoms with Crippen LogP contribution in [0.3, 0.4) is 0 Å². The Bertz CT molecular complexity index is 502. The molecule has 0 unspecified atom stereocenters. The van der Waals surface area contributed by atoms with Gasteiger partial charge in [0.05, 0.1) is 6.20 Å². The van der Waals surface area contributed by atoms with E-state index in [0.29, 0.717) is 6.04 Å². The summed E-state index contributed by atoms with van der Waals surface area (Å²) in [6.45, 7) is 5.31. The number of nitrogens with zero attached hydrogens (tertiary/aromatic N) is 2. The zero-order valence-electron chi connectivity index (χ0n) is 11.4. The van der Waals surface area contributed by atoms with Gasteiger partial charge in [-0.15, -0.1) is 0 Å². The molecular weight excluding hydrogens is 222 g/mol. The van der Waals surface area contributed by atoms with E-state index in [9.17, 15) is 0 Å². The minimum absolute atomic E-state index is 0.390. The monoisotopic (exact) mass is 243 g/mol. The van der Waals surface area contributed by atoms with E-state index in [0.717, 1.165) is 13.0 Å². The van der Waals surface area contributed by atoms with Crippen molar-refractivity contribution in [3.8, 4) is 0 Å². The van der Waals surface area contributed by atoms with Gasteiger partial charge in [0.1, 0.15) is 0 Å². The summed E-state index contributed by atoms with van der Waals surface area (Å²) < 4.78 is 1.85. The Morgan fingerprint density at radius 2 is 2.22 bits per heavy atom. The molecule has 3 heteroatoms. The largest absolute Gasteiger partial charge is 0.310 e. The summed E-state index contributed by atoms with van der Waals surface area (Å²) in [7, 11) is 1.95. The van der Waals surface area contributed by atoms with Gasteiger partial charge in [0, 0.05) is 19.3 Å². The van der Waals surface area contributed by atoms with Gasteiger partial charge in [-0.25, -0.2) is 0 Å². The lowest BCUT2D eigenvalue weighted by Gasteiger charge is -2.14. The molecule has 0 spiro atoms. The van der Waals surface area contributed by atoms with Crippen LogP contribution in [0.25, 0.3) is 0 Å². The molecule has 1 N–H and O–H groups in total. The minimum atomic E-state index is 0.390. The Morgan fingerprint density at radius 3 is 2.89 bits per heavy atom. The number of nitrogens with one attached hydrogen (secondary N) is 1. The first-order valence-electron chi connectivity index (χ1n) is 6.42. The Kier molecular flexibility index (Phi) is 4.15. The number of aryl methyl sites for hydroxylation is 2. The van der Waals surface area contributed by atoms with Crippen molar-refractivity contribution in [3.63, 3.8) is 0 Å². The van der Waals surface area contributed by atoms with Crippen molar-refractivity contribution in [1.82, 2.24) is 15.1 Å². The molecule has 1 aromatic heterocycles. The van der Waals surface area contributed by atoms with Crippen molar-refractivity contribution in [2.75, 3.05) is 6.54 Å². The molecule has 0 saturated heterocycles. The molecule has 0 fully saturated rings. The van der Waals surface area contributed by atoms with Crippen molar-refractivity contribution in [1.29, 1.82) is 0 Å². The van der Waals surface area contributed by atoms with Crippen molar-refractivity contribution >= 4 is 0 Å². The molecule has 0 aliphatic rings. The molecule has 18 heavy (non-hydrogen) atoms. The van der Waals surface area contributed by atoms with Gasteiger partial charge in [0.15, 0.2) is 0 Å². The molecule has 0 amide bonds. The average Bonchev–Trinajstić information content (AvgIpc) is 2.75. The fourth-order valence-corrected chi connectivity index (χ4v) is 2.09. The molecule has 1 heterocycles. The molecule has 0 bridgehead atoms. The Labute approximate surface area is 109 Å². The molecule has 3 nitrogen and oxygen atoms in total. The van der Waals surface area contributed by atoms with E-state index in [-0.39, 0.29) is 0 Å². The quantitative estimate of drug-likeness (QED) is 0.875. The standard InChI is InChI=1S/C15H21N3/c1-12-5-4-6-15(9-12)13(2)16-8-7-14-10-17-18(3)11-14/h4-6,9-11,13,16H,7-8H2,1-3H3/t13-/m1/s1. The number of hydrogen-bond acceptors (Lipinski definition) is 2. The van der Waals surface area contributed by atoms with Crippen LogP contribution in [0.5, 0.6) is 0 Å². The van der Waals surface area contributed by atoms with Crippen molar-refractivity contribution in [2.45, 2.75) is 26.3 Å². The molecular formula is C15H21N3. The van der Waals surface area contributed by atoms with Gasteiger partial charge >= 0.3 is 0 Å². The molecule has 1 atom stereocenters. The number of rotatable bonds is 5. The second-order valence-electron chi connectivity index (χ2n) is 4.86. The van der Waals surface area contributed by atoms with E-state index in [2.05, 4.69) is 54.7 Å². The lowest BCUT2D eigenvalue weighted by molar-refractivity contribution is 0.576. The first-order valence-corrected chi connectivity index (χ1v) is 6.42. The van der Waals surface area contributed by atoms with Gasteiger partial charge in [0.2, 0.25) is 0 Å². The van der Waals surface area contributed by atoms with E-state index < -0.39 is 0 Å². The van der Waals surface area contributed by atoms with Crippen LogP contribution in [0.2, 0.25) is 0 Å². The van der Waals surface area contributed by atoms with Crippen molar-refractivity contribution in [3.05, 3.63) is 53.3 Å². The molecule has 0 aliphatic carbocycles. The van der Waals surface area contributed by atoms with Gasteiger partial charge in [0.25, 0.3) is 0 Å². The fraction of sp³-hybridized carbons (Fsp3) is 0.400. The Morgan fingerprint density at radius 1 is 1.39 bits per heavy atom. The smallest absolute Gasteiger partial charge is 0.0522 e. The first kappa shape index (κ1) is 12.8. The second-order valence-corrected chi connectivity index (χ2v) is 4.86. The Balaban J connectivity index is 1.83. The molecule has 0 aliphatic heterocycles. The van der Waals surface area contributed by atoms with Crippen LogP contribution in [0.4, 0.5) is 0 Å². The zero-order valence-corrected chi connectivity index (χ0v) is 11.4. The number of hydrogen-bond donors (Lipinski definition) is 1. The van der Waals surface area contributed by atoms with Crippen LogP contribution >= 0.6 is 0 Å². The van der Waals surface area contributed by atoms with Gasteiger partial charge in [-0.2, -0.15) is 5.10 Å². The second kappa shape index (κ2) is 5.83. The lowest BCUT2D eigenvalue weighted by Crippen LogP contribution is -2.21. The SMILES string of the molecule is Cc1cccc([C@@H](C)NCCc2cnn(C)c2)c1. The number of benzene rings is 1. The van der Waals surface area contributed by atoms with E-state index in [1.54, 1.807) is 0 Å². The van der Waals surface area contributed by atoms with Crippen LogP contribution in [0, 0.1) is 6.92 Å². The molecule has 1 aromatic carbocycles. The van der Waals surface area contributed by atoms with Gasteiger partial charge in [-0.1, -0.05) is 29.8 Å². The predicted molar refractivity (Wildman–Crippen MR) is 74.5 cm³/mol. The van der Waals surface area contributed by atoms with E-state index in [4.69, 9.17) is 0 Å². The highest BCUT2D eigenvalue weighted by Gasteiger charge is 2.04. The van der Waals surface area contributed by atoms with Crippen LogP contribution in [0.15, 0.2) is 36.7 Å². The normalized spacial score (nSPS) is 12.6. The predicted octanol–water partition coefficient (Wildman–Crippen LogP) is 2.62. The molecule has 2 aromatic rings. The number of aromatic nitrogens is 2. The summed E-state index contributed by atoms with van der Waals surface area (Å²) in [6.07, 6.45) is 5.02. The maximum Gasteiger partial charge on any atom is 0.0522 e. The third-order valence-electron chi connectivity index (χ3n) is 3.16. The van der Waals surface area contributed by atoms with Crippen LogP contribution in [-0.4, -0.2) is 16.3 Å². The minimum Gasteiger partial charge on any atom is -0.310 e. The average molecular weight is 243 g/mol. The fourth-order valence-electron chi connectivity index (χ4n) is 2.09. The Hall–Kier alpha value is -1.61.